The van der Waals surface area contributed by atoms with Gasteiger partial charge in [0, 0.05) is 35.6 Å². The Morgan fingerprint density at radius 2 is 1.86 bits per heavy atom. The van der Waals surface area contributed by atoms with E-state index in [1.54, 1.807) is 0 Å². The van der Waals surface area contributed by atoms with Crippen LogP contribution in [-0.4, -0.2) is 12.0 Å². The molecule has 102 valence electrons. The number of fused-ring (bicyclic) bond motifs is 4. The summed E-state index contributed by atoms with van der Waals surface area (Å²) >= 11 is 0. The zero-order valence-corrected chi connectivity index (χ0v) is 11.4. The Hall–Kier alpha value is -2.88. The van der Waals surface area contributed by atoms with Crippen LogP contribution >= 0.6 is 0 Å². The van der Waals surface area contributed by atoms with Crippen LogP contribution < -0.4 is 10.7 Å². The summed E-state index contributed by atoms with van der Waals surface area (Å²) in [5.41, 5.74) is 3.03. The largest absolute Gasteiger partial charge is 0.453 e. The van der Waals surface area contributed by atoms with Gasteiger partial charge in [-0.2, -0.15) is 0 Å². The second-order valence-corrected chi connectivity index (χ2v) is 4.91. The molecule has 4 nitrogen and oxygen atoms in total. The van der Waals surface area contributed by atoms with Crippen LogP contribution in [0.15, 0.2) is 57.7 Å². The second-order valence-electron chi connectivity index (χ2n) is 4.91. The summed E-state index contributed by atoms with van der Waals surface area (Å²) in [7, 11) is 1.85. The molecule has 4 heteroatoms. The molecule has 0 bridgehead atoms. The lowest BCUT2D eigenvalue weighted by Gasteiger charge is -2.09. The topological polar surface area (TPSA) is 55.1 Å². The van der Waals surface area contributed by atoms with Gasteiger partial charge in [0.15, 0.2) is 16.8 Å². The van der Waals surface area contributed by atoms with Gasteiger partial charge < -0.3 is 9.73 Å². The van der Waals surface area contributed by atoms with Gasteiger partial charge in [-0.3, -0.25) is 4.79 Å². The number of nitrogens with one attached hydrogen (secondary N) is 1. The summed E-state index contributed by atoms with van der Waals surface area (Å²) in [5.74, 6) is 0.513. The average Bonchev–Trinajstić information content (AvgIpc) is 2.53. The summed E-state index contributed by atoms with van der Waals surface area (Å²) < 4.78 is 5.88. The fourth-order valence-electron chi connectivity index (χ4n) is 2.58. The molecule has 2 aromatic carbocycles. The number of hydrogen-bond acceptors (Lipinski definition) is 4. The van der Waals surface area contributed by atoms with Crippen LogP contribution in [0.2, 0.25) is 0 Å². The quantitative estimate of drug-likeness (QED) is 0.427. The lowest BCUT2D eigenvalue weighted by Crippen LogP contribution is -2.03. The molecule has 0 aromatic heterocycles. The van der Waals surface area contributed by atoms with Crippen LogP contribution in [0.3, 0.4) is 0 Å². The van der Waals surface area contributed by atoms with Crippen LogP contribution in [0.4, 0.5) is 5.69 Å². The van der Waals surface area contributed by atoms with Gasteiger partial charge >= 0.3 is 0 Å². The highest BCUT2D eigenvalue weighted by atomic mass is 16.3. The van der Waals surface area contributed by atoms with Crippen molar-refractivity contribution in [3.8, 4) is 11.5 Å². The molecule has 0 saturated heterocycles. The van der Waals surface area contributed by atoms with E-state index in [0.717, 1.165) is 22.3 Å². The van der Waals surface area contributed by atoms with Crippen molar-refractivity contribution >= 4 is 27.6 Å². The molecule has 0 saturated carbocycles. The minimum absolute atomic E-state index is 0.0484. The lowest BCUT2D eigenvalue weighted by atomic mass is 10.0. The zero-order chi connectivity index (χ0) is 14.4. The average molecular weight is 276 g/mol. The first-order chi connectivity index (χ1) is 10.3. The van der Waals surface area contributed by atoms with E-state index in [1.165, 1.54) is 6.07 Å². The Labute approximate surface area is 120 Å². The first kappa shape index (κ1) is 11.9. The van der Waals surface area contributed by atoms with Gasteiger partial charge in [-0.1, -0.05) is 24.3 Å². The van der Waals surface area contributed by atoms with E-state index in [1.807, 2.05) is 49.5 Å². The van der Waals surface area contributed by atoms with Crippen molar-refractivity contribution in [3.63, 3.8) is 0 Å². The molecular weight excluding hydrogens is 264 g/mol. The van der Waals surface area contributed by atoms with Crippen molar-refractivity contribution in [2.75, 3.05) is 12.4 Å². The minimum Gasteiger partial charge on any atom is -0.453 e. The third-order valence-electron chi connectivity index (χ3n) is 3.64. The summed E-state index contributed by atoms with van der Waals surface area (Å²) in [4.78, 5) is 16.8. The van der Waals surface area contributed by atoms with Crippen molar-refractivity contribution in [2.24, 2.45) is 0 Å². The standard InChI is InChI=1S/C17H12N2O2/c1-18-10-6-7-13-15(8-10)21-16-9-14(20)11-4-2-3-5-12(11)17(16)19-13/h2-9,18H,1H3. The van der Waals surface area contributed by atoms with Crippen molar-refractivity contribution in [3.05, 3.63) is 58.8 Å². The van der Waals surface area contributed by atoms with Gasteiger partial charge in [-0.05, 0) is 12.1 Å². The van der Waals surface area contributed by atoms with E-state index in [9.17, 15) is 4.79 Å². The smallest absolute Gasteiger partial charge is 0.190 e. The fourth-order valence-corrected chi connectivity index (χ4v) is 2.58. The molecule has 1 aliphatic heterocycles. The molecule has 1 aliphatic carbocycles. The first-order valence-electron chi connectivity index (χ1n) is 6.70. The number of nitrogens with zero attached hydrogens (tertiary/aromatic N) is 1. The Morgan fingerprint density at radius 3 is 2.67 bits per heavy atom. The van der Waals surface area contributed by atoms with Gasteiger partial charge in [-0.15, -0.1) is 0 Å². The first-order valence-corrected chi connectivity index (χ1v) is 6.70. The molecule has 1 heterocycles. The van der Waals surface area contributed by atoms with E-state index in [2.05, 4.69) is 10.3 Å². The number of rotatable bonds is 1. The minimum atomic E-state index is -0.0484. The third kappa shape index (κ3) is 1.76. The maximum atomic E-state index is 12.2. The predicted octanol–water partition coefficient (Wildman–Crippen LogP) is 3.49. The van der Waals surface area contributed by atoms with Crippen LogP contribution in [0.5, 0.6) is 0 Å². The number of hydrogen-bond donors (Lipinski definition) is 1. The van der Waals surface area contributed by atoms with Crippen LogP contribution in [0.1, 0.15) is 0 Å². The third-order valence-corrected chi connectivity index (χ3v) is 3.64. The second kappa shape index (κ2) is 4.31. The molecule has 0 fully saturated rings. The Morgan fingerprint density at radius 1 is 1.05 bits per heavy atom. The summed E-state index contributed by atoms with van der Waals surface area (Å²) in [6.07, 6.45) is 0. The number of aromatic nitrogens is 1. The molecule has 21 heavy (non-hydrogen) atoms. The van der Waals surface area contributed by atoms with E-state index in [-0.39, 0.29) is 5.43 Å². The zero-order valence-electron chi connectivity index (χ0n) is 11.4. The summed E-state index contributed by atoms with van der Waals surface area (Å²) in [5, 5.41) is 4.55. The number of anilines is 1. The molecule has 0 amide bonds. The van der Waals surface area contributed by atoms with E-state index in [0.29, 0.717) is 16.7 Å². The molecule has 4 rings (SSSR count). The van der Waals surface area contributed by atoms with Gasteiger partial charge in [-0.25, -0.2) is 4.98 Å². The Kier molecular flexibility index (Phi) is 2.44. The molecule has 0 atom stereocenters. The van der Waals surface area contributed by atoms with E-state index in [4.69, 9.17) is 4.42 Å². The molecule has 2 aromatic rings. The lowest BCUT2D eigenvalue weighted by molar-refractivity contribution is 0.614. The number of benzene rings is 3. The van der Waals surface area contributed by atoms with E-state index < -0.39 is 0 Å². The monoisotopic (exact) mass is 276 g/mol. The highest BCUT2D eigenvalue weighted by Crippen LogP contribution is 2.30. The van der Waals surface area contributed by atoms with Gasteiger partial charge in [0.25, 0.3) is 0 Å². The maximum absolute atomic E-state index is 12.2. The van der Waals surface area contributed by atoms with Crippen LogP contribution in [-0.2, 0) is 0 Å². The van der Waals surface area contributed by atoms with Crippen LogP contribution in [0, 0.1) is 0 Å². The fraction of sp³-hybridized carbons (Fsp3) is 0.0588. The highest BCUT2D eigenvalue weighted by Gasteiger charge is 2.15. The maximum Gasteiger partial charge on any atom is 0.190 e. The summed E-state index contributed by atoms with van der Waals surface area (Å²) in [6, 6.07) is 14.7. The normalized spacial score (nSPS) is 11.3. The SMILES string of the molecule is CNc1ccc2nc3c4ccccc4c(=O)cc-3oc2c1. The molecule has 0 radical (unpaired) electrons. The molecule has 0 spiro atoms. The van der Waals surface area contributed by atoms with Crippen molar-refractivity contribution in [1.82, 2.24) is 4.98 Å². The molecule has 2 aliphatic rings. The highest BCUT2D eigenvalue weighted by molar-refractivity contribution is 5.96. The predicted molar refractivity (Wildman–Crippen MR) is 84.0 cm³/mol. The van der Waals surface area contributed by atoms with Gasteiger partial charge in [0.1, 0.15) is 11.2 Å². The van der Waals surface area contributed by atoms with E-state index >= 15 is 0 Å². The summed E-state index contributed by atoms with van der Waals surface area (Å²) in [6.45, 7) is 0. The van der Waals surface area contributed by atoms with Crippen molar-refractivity contribution in [2.45, 2.75) is 0 Å². The van der Waals surface area contributed by atoms with Crippen molar-refractivity contribution in [1.29, 1.82) is 0 Å². The molecular formula is C17H12N2O2. The Balaban J connectivity index is 2.18. The molecule has 1 N–H and O–H groups in total. The van der Waals surface area contributed by atoms with Gasteiger partial charge in [0.05, 0.1) is 0 Å². The van der Waals surface area contributed by atoms with Crippen LogP contribution in [0.25, 0.3) is 33.3 Å². The van der Waals surface area contributed by atoms with Gasteiger partial charge in [0.2, 0.25) is 0 Å². The molecule has 0 unspecified atom stereocenters. The van der Waals surface area contributed by atoms with Crippen molar-refractivity contribution < 1.29 is 4.42 Å². The Bertz CT molecular complexity index is 1000.